The standard InChI is InChI=1S/C38H52BNO5/c1-36(2)21-10-12-29(36)25-40(35(41)27-14-17-30(18-15-27)39-44-37(3,4)38(5,6)45-39)22-20-26-16-19-31(24-34(26)42-7)43-33-13-9-8-11-28-23-32(28)33/h14-19,24,29,33H,8-13,20-23,25H2,1-7H3. The fraction of sp³-hybridized carbons (Fsp3) is 0.605. The van der Waals surface area contributed by atoms with Crippen molar-refractivity contribution in [2.75, 3.05) is 20.2 Å². The van der Waals surface area contributed by atoms with E-state index in [-0.39, 0.29) is 17.4 Å². The van der Waals surface area contributed by atoms with E-state index in [1.165, 1.54) is 37.7 Å². The van der Waals surface area contributed by atoms with Crippen molar-refractivity contribution in [3.8, 4) is 11.5 Å². The lowest BCUT2D eigenvalue weighted by molar-refractivity contribution is 0.00578. The molecule has 0 radical (unpaired) electrons. The van der Waals surface area contributed by atoms with E-state index in [1.54, 1.807) is 12.7 Å². The lowest BCUT2D eigenvalue weighted by atomic mass is 9.79. The Morgan fingerprint density at radius 1 is 0.956 bits per heavy atom. The molecule has 4 aliphatic rings. The van der Waals surface area contributed by atoms with Gasteiger partial charge in [0.15, 0.2) is 0 Å². The molecule has 7 heteroatoms. The Morgan fingerprint density at radius 3 is 2.36 bits per heavy atom. The summed E-state index contributed by atoms with van der Waals surface area (Å²) >= 11 is 0. The molecule has 2 aromatic rings. The largest absolute Gasteiger partial charge is 0.496 e. The van der Waals surface area contributed by atoms with Crippen molar-refractivity contribution >= 4 is 18.5 Å². The van der Waals surface area contributed by atoms with E-state index in [9.17, 15) is 4.79 Å². The minimum atomic E-state index is -0.445. The highest BCUT2D eigenvalue weighted by Crippen LogP contribution is 2.44. The fourth-order valence-corrected chi connectivity index (χ4v) is 7.40. The number of nitrogens with zero attached hydrogens (tertiary/aromatic N) is 1. The first kappa shape index (κ1) is 32.2. The Bertz CT molecular complexity index is 1410. The normalized spacial score (nSPS) is 24.6. The number of hydrogen-bond donors (Lipinski definition) is 0. The SMILES string of the molecule is COc1cc(OC2CCCCC3=C2C3)ccc1CCN(CC1CCCC1(C)C)C(=O)c1ccc(B2OC(C)(C)C(C)(C)O2)cc1. The van der Waals surface area contributed by atoms with E-state index in [2.05, 4.69) is 58.6 Å². The Balaban J connectivity index is 1.16. The van der Waals surface area contributed by atoms with Crippen LogP contribution in [0.2, 0.25) is 0 Å². The van der Waals surface area contributed by atoms with Crippen LogP contribution in [-0.4, -0.2) is 55.4 Å². The van der Waals surface area contributed by atoms with Gasteiger partial charge < -0.3 is 23.7 Å². The highest BCUT2D eigenvalue weighted by Gasteiger charge is 2.51. The van der Waals surface area contributed by atoms with Gasteiger partial charge in [-0.1, -0.05) is 44.0 Å². The molecule has 0 N–H and O–H groups in total. The van der Waals surface area contributed by atoms with Gasteiger partial charge in [0.05, 0.1) is 18.3 Å². The second-order valence-electron chi connectivity index (χ2n) is 15.4. The van der Waals surface area contributed by atoms with Crippen LogP contribution in [0.3, 0.4) is 0 Å². The van der Waals surface area contributed by atoms with Crippen LogP contribution >= 0.6 is 0 Å². The van der Waals surface area contributed by atoms with Gasteiger partial charge in [-0.2, -0.15) is 0 Å². The molecular weight excluding hydrogens is 561 g/mol. The average molecular weight is 614 g/mol. The van der Waals surface area contributed by atoms with Gasteiger partial charge in [0.25, 0.3) is 5.91 Å². The summed E-state index contributed by atoms with van der Waals surface area (Å²) < 4.78 is 24.8. The van der Waals surface area contributed by atoms with E-state index >= 15 is 0 Å². The van der Waals surface area contributed by atoms with Crippen molar-refractivity contribution in [3.05, 3.63) is 64.7 Å². The van der Waals surface area contributed by atoms with Crippen LogP contribution in [-0.2, 0) is 15.7 Å². The molecule has 6 rings (SSSR count). The van der Waals surface area contributed by atoms with Crippen molar-refractivity contribution in [3.63, 3.8) is 0 Å². The molecule has 3 aliphatic carbocycles. The molecule has 45 heavy (non-hydrogen) atoms. The summed E-state index contributed by atoms with van der Waals surface area (Å²) in [6.45, 7) is 14.3. The maximum Gasteiger partial charge on any atom is 0.494 e. The monoisotopic (exact) mass is 613 g/mol. The molecule has 1 heterocycles. The van der Waals surface area contributed by atoms with Gasteiger partial charge in [-0.05, 0) is 125 Å². The van der Waals surface area contributed by atoms with Crippen molar-refractivity contribution in [2.45, 2.75) is 117 Å². The Hall–Kier alpha value is -2.77. The second-order valence-corrected chi connectivity index (χ2v) is 15.4. The molecule has 1 saturated heterocycles. The number of amides is 1. The van der Waals surface area contributed by atoms with Crippen molar-refractivity contribution < 1.29 is 23.6 Å². The maximum atomic E-state index is 14.1. The zero-order valence-corrected chi connectivity index (χ0v) is 28.5. The number of carbonyl (C=O) groups is 1. The minimum Gasteiger partial charge on any atom is -0.496 e. The van der Waals surface area contributed by atoms with Crippen molar-refractivity contribution in [1.82, 2.24) is 4.90 Å². The summed E-state index contributed by atoms with van der Waals surface area (Å²) in [6.07, 6.45) is 10.5. The fourth-order valence-electron chi connectivity index (χ4n) is 7.40. The van der Waals surface area contributed by atoms with E-state index in [1.807, 2.05) is 30.3 Å². The van der Waals surface area contributed by atoms with Gasteiger partial charge in [0, 0.05) is 24.7 Å². The van der Waals surface area contributed by atoms with E-state index in [0.29, 0.717) is 24.4 Å². The Labute approximate surface area is 271 Å². The van der Waals surface area contributed by atoms with Gasteiger partial charge in [0.1, 0.15) is 17.6 Å². The van der Waals surface area contributed by atoms with Crippen LogP contribution in [0.15, 0.2) is 53.6 Å². The number of benzene rings is 2. The van der Waals surface area contributed by atoms with Crippen LogP contribution < -0.4 is 14.9 Å². The lowest BCUT2D eigenvalue weighted by Gasteiger charge is -2.33. The van der Waals surface area contributed by atoms with Gasteiger partial charge >= 0.3 is 7.12 Å². The zero-order valence-electron chi connectivity index (χ0n) is 28.5. The number of ether oxygens (including phenoxy) is 2. The Morgan fingerprint density at radius 2 is 1.69 bits per heavy atom. The van der Waals surface area contributed by atoms with Crippen molar-refractivity contribution in [1.29, 1.82) is 0 Å². The molecule has 242 valence electrons. The maximum absolute atomic E-state index is 14.1. The number of methoxy groups -OCH3 is 1. The summed E-state index contributed by atoms with van der Waals surface area (Å²) in [5.74, 6) is 2.23. The first-order chi connectivity index (χ1) is 21.4. The first-order valence-electron chi connectivity index (χ1n) is 17.2. The van der Waals surface area contributed by atoms with Crippen LogP contribution in [0.5, 0.6) is 11.5 Å². The second kappa shape index (κ2) is 12.4. The van der Waals surface area contributed by atoms with E-state index in [4.69, 9.17) is 18.8 Å². The van der Waals surface area contributed by atoms with E-state index in [0.717, 1.165) is 48.3 Å². The summed E-state index contributed by atoms with van der Waals surface area (Å²) in [7, 11) is 1.28. The van der Waals surface area contributed by atoms with Gasteiger partial charge in [-0.25, -0.2) is 0 Å². The van der Waals surface area contributed by atoms with Crippen molar-refractivity contribution in [2.24, 2.45) is 11.3 Å². The highest BCUT2D eigenvalue weighted by atomic mass is 16.7. The quantitative estimate of drug-likeness (QED) is 0.205. The molecule has 0 bridgehead atoms. The van der Waals surface area contributed by atoms with Crippen LogP contribution in [0, 0.1) is 11.3 Å². The lowest BCUT2D eigenvalue weighted by Crippen LogP contribution is -2.41. The number of hydrogen-bond acceptors (Lipinski definition) is 5. The molecule has 2 fully saturated rings. The molecular formula is C38H52BNO5. The third kappa shape index (κ3) is 6.85. The van der Waals surface area contributed by atoms with Gasteiger partial charge in [-0.15, -0.1) is 0 Å². The molecule has 2 unspecified atom stereocenters. The molecule has 0 spiro atoms. The summed E-state index contributed by atoms with van der Waals surface area (Å²) in [6, 6.07) is 14.0. The van der Waals surface area contributed by atoms with Crippen LogP contribution in [0.1, 0.15) is 109 Å². The van der Waals surface area contributed by atoms with Crippen LogP contribution in [0.4, 0.5) is 0 Å². The molecule has 1 aliphatic heterocycles. The molecule has 6 nitrogen and oxygen atoms in total. The number of rotatable bonds is 10. The smallest absolute Gasteiger partial charge is 0.494 e. The zero-order chi connectivity index (χ0) is 32.0. The topological polar surface area (TPSA) is 57.2 Å². The predicted octanol–water partition coefficient (Wildman–Crippen LogP) is 7.53. The molecule has 1 saturated carbocycles. The van der Waals surface area contributed by atoms with Gasteiger partial charge in [-0.3, -0.25) is 4.79 Å². The third-order valence-corrected chi connectivity index (χ3v) is 11.4. The highest BCUT2D eigenvalue weighted by molar-refractivity contribution is 6.62. The predicted molar refractivity (Wildman–Crippen MR) is 180 cm³/mol. The summed E-state index contributed by atoms with van der Waals surface area (Å²) in [4.78, 5) is 16.2. The molecule has 2 atom stereocenters. The summed E-state index contributed by atoms with van der Waals surface area (Å²) in [5.41, 5.74) is 5.26. The molecule has 1 amide bonds. The summed E-state index contributed by atoms with van der Waals surface area (Å²) in [5, 5.41) is 0. The molecule has 2 aromatic carbocycles. The average Bonchev–Trinajstić information content (AvgIpc) is 3.68. The number of allylic oxidation sites excluding steroid dienone is 1. The minimum absolute atomic E-state index is 0.0685. The van der Waals surface area contributed by atoms with E-state index < -0.39 is 18.3 Å². The third-order valence-electron chi connectivity index (χ3n) is 11.4. The Kier molecular flexibility index (Phi) is 8.90. The first-order valence-corrected chi connectivity index (χ1v) is 17.2. The molecule has 0 aromatic heterocycles. The van der Waals surface area contributed by atoms with Gasteiger partial charge in [0.2, 0.25) is 0 Å². The number of carbonyl (C=O) groups excluding carboxylic acids is 1. The van der Waals surface area contributed by atoms with Crippen LogP contribution in [0.25, 0.3) is 0 Å².